The van der Waals surface area contributed by atoms with Gasteiger partial charge in [-0.15, -0.1) is 0 Å². The molecule has 2 atom stereocenters. The van der Waals surface area contributed by atoms with Crippen LogP contribution >= 0.6 is 0 Å². The van der Waals surface area contributed by atoms with Crippen molar-refractivity contribution in [3.63, 3.8) is 0 Å². The summed E-state index contributed by atoms with van der Waals surface area (Å²) >= 11 is 0. The number of carboxylic acid groups (broad SMARTS) is 2. The number of hydrogen-bond donors (Lipinski definition) is 5. The van der Waals surface area contributed by atoms with Crippen molar-refractivity contribution < 1.29 is 100 Å². The van der Waals surface area contributed by atoms with Gasteiger partial charge in [0.2, 0.25) is 0 Å². The fourth-order valence-corrected chi connectivity index (χ4v) is 20.0. The number of phenolic OH excluding ortho intramolecular Hbond substituents is 1. The van der Waals surface area contributed by atoms with Gasteiger partial charge in [-0.2, -0.15) is 17.6 Å². The Morgan fingerprint density at radius 1 is 0.500 bits per heavy atom. The van der Waals surface area contributed by atoms with Gasteiger partial charge in [0.15, 0.2) is 33.9 Å². The molecule has 0 unspecified atom stereocenters. The second kappa shape index (κ2) is 24.7. The molecule has 12 saturated carbocycles. The number of carboxylic acids is 2. The van der Waals surface area contributed by atoms with Gasteiger partial charge in [-0.1, -0.05) is 0 Å². The maximum absolute atomic E-state index is 13.4. The number of pyridine rings is 2. The molecular weight excluding hydrogens is 1290 g/mol. The summed E-state index contributed by atoms with van der Waals surface area (Å²) in [6, 6.07) is 7.99. The number of aromatic hydroxyl groups is 1. The molecule has 8 bridgehead atoms. The van der Waals surface area contributed by atoms with Crippen LogP contribution < -0.4 is 35.1 Å². The molecule has 5 N–H and O–H groups in total. The van der Waals surface area contributed by atoms with E-state index in [1.54, 1.807) is 36.7 Å². The number of ether oxygens (including phenoxy) is 8. The van der Waals surface area contributed by atoms with Crippen molar-refractivity contribution in [1.29, 1.82) is 0 Å². The lowest BCUT2D eigenvalue weighted by atomic mass is 9.35. The van der Waals surface area contributed by atoms with Crippen molar-refractivity contribution in [3.8, 4) is 45.5 Å². The van der Waals surface area contributed by atoms with Crippen molar-refractivity contribution >= 4 is 23.9 Å². The maximum atomic E-state index is 13.4. The molecule has 27 heteroatoms. The lowest BCUT2D eigenvalue weighted by Gasteiger charge is -2.70. The zero-order chi connectivity index (χ0) is 70.9. The monoisotopic (exact) mass is 1380 g/mol. The van der Waals surface area contributed by atoms with E-state index in [4.69, 9.17) is 38.6 Å². The topological polar surface area (TPSA) is 294 Å². The summed E-state index contributed by atoms with van der Waals surface area (Å²) in [6.45, 7) is 5.38. The van der Waals surface area contributed by atoms with Crippen LogP contribution in [-0.2, 0) is 33.3 Å². The highest BCUT2D eigenvalue weighted by Gasteiger charge is 2.73. The number of benzene rings is 2. The quantitative estimate of drug-likeness (QED) is 0.0431. The number of phenols is 1. The van der Waals surface area contributed by atoms with Crippen LogP contribution in [0.4, 0.5) is 17.6 Å². The van der Waals surface area contributed by atoms with E-state index < -0.39 is 47.5 Å². The van der Waals surface area contributed by atoms with Crippen LogP contribution in [0.15, 0.2) is 58.4 Å². The van der Waals surface area contributed by atoms with Crippen LogP contribution in [0.3, 0.4) is 0 Å². The van der Waals surface area contributed by atoms with Gasteiger partial charge in [0, 0.05) is 75.6 Å². The number of alkyl halides is 4. The van der Waals surface area contributed by atoms with Gasteiger partial charge in [0.25, 0.3) is 0 Å². The van der Waals surface area contributed by atoms with Gasteiger partial charge in [-0.05, 0) is 193 Å². The molecule has 14 fully saturated rings. The molecule has 0 spiro atoms. The summed E-state index contributed by atoms with van der Waals surface area (Å²) in [5.41, 5.74) is 1.85. The van der Waals surface area contributed by atoms with Gasteiger partial charge in [-0.25, -0.2) is 9.59 Å². The van der Waals surface area contributed by atoms with Crippen molar-refractivity contribution in [2.75, 3.05) is 85.2 Å². The van der Waals surface area contributed by atoms with E-state index in [2.05, 4.69) is 28.3 Å². The Morgan fingerprint density at radius 2 is 0.857 bits per heavy atom. The smallest absolute Gasteiger partial charge is 0.387 e. The fourth-order valence-electron chi connectivity index (χ4n) is 20.0. The molecule has 4 aliphatic heterocycles. The highest BCUT2D eigenvalue weighted by atomic mass is 19.3. The molecule has 2 aromatic heterocycles. The lowest BCUT2D eigenvalue weighted by Crippen LogP contribution is -2.67. The minimum absolute atomic E-state index is 0.0273. The first-order valence-corrected chi connectivity index (χ1v) is 33.2. The summed E-state index contributed by atoms with van der Waals surface area (Å²) in [5.74, 6) is -3.43. The minimum atomic E-state index is -3.12. The van der Waals surface area contributed by atoms with Crippen molar-refractivity contribution in [1.82, 2.24) is 9.35 Å². The molecule has 16 aliphatic rings. The third-order valence-corrected chi connectivity index (χ3v) is 23.4. The number of esters is 2. The van der Waals surface area contributed by atoms with Crippen LogP contribution in [0, 0.1) is 43.3 Å². The van der Waals surface area contributed by atoms with Crippen LogP contribution in [0.2, 0.25) is 0 Å². The van der Waals surface area contributed by atoms with Gasteiger partial charge < -0.3 is 63.4 Å². The number of halogens is 4. The average Bonchev–Trinajstić information content (AvgIpc) is 0.844. The van der Waals surface area contributed by atoms with Gasteiger partial charge in [0.05, 0.1) is 86.0 Å². The number of carbonyl (C=O) groups is 4. The number of hydrogen-bond acceptors (Lipinski definition) is 19. The number of aliphatic hydroxyl groups excluding tert-OH is 2. The summed E-state index contributed by atoms with van der Waals surface area (Å²) in [4.78, 5) is 70.5. The second-order valence-electron chi connectivity index (χ2n) is 31.7. The Bertz CT molecular complexity index is 3900. The number of rotatable bonds is 19. The highest BCUT2D eigenvalue weighted by molar-refractivity contribution is 5.89. The molecule has 0 amide bonds. The molecule has 6 heterocycles. The van der Waals surface area contributed by atoms with Crippen molar-refractivity contribution in [2.24, 2.45) is 43.3 Å². The largest absolute Gasteiger partial charge is 0.504 e. The molecule has 534 valence electrons. The molecule has 4 aromatic rings. The second-order valence-corrected chi connectivity index (χ2v) is 31.7. The predicted octanol–water partition coefficient (Wildman–Crippen LogP) is 9.75. The number of carbonyl (C=O) groups excluding carboxylic acids is 2. The van der Waals surface area contributed by atoms with E-state index in [1.807, 2.05) is 18.9 Å². The van der Waals surface area contributed by atoms with E-state index in [0.29, 0.717) is 64.0 Å². The van der Waals surface area contributed by atoms with E-state index in [0.717, 1.165) is 102 Å². The number of aliphatic hydroxyl groups is 2. The first-order valence-electron chi connectivity index (χ1n) is 33.2. The first kappa shape index (κ1) is 70.4. The van der Waals surface area contributed by atoms with E-state index >= 15 is 0 Å². The van der Waals surface area contributed by atoms with Gasteiger partial charge >= 0.3 is 37.1 Å². The predicted molar refractivity (Wildman–Crippen MR) is 344 cm³/mol. The normalized spacial score (nSPS) is 31.5. The zero-order valence-corrected chi connectivity index (χ0v) is 56.7. The average molecular weight is 1380 g/mol. The van der Waals surface area contributed by atoms with Crippen molar-refractivity contribution in [3.05, 3.63) is 91.5 Å². The molecule has 23 nitrogen and oxygen atoms in total. The number of methoxy groups -OCH3 is 5. The minimum Gasteiger partial charge on any atom is -0.504 e. The Hall–Kier alpha value is -7.46. The molecule has 0 radical (unpaired) electrons. The fraction of sp³-hybridized carbons (Fsp3) is 0.634. The summed E-state index contributed by atoms with van der Waals surface area (Å²) < 4.78 is 95.9. The standard InChI is InChI=1S/C27H30F2N2O6.C19H18F2N2O5.C9H14O3.C8H12O3.C8H14O2/c1-25(2)5-4-18-15-6-21(36-14-27-10-26(11-27,12-27)13-35-3)22(37-24(28)29)7-16(15)19-8-20(32)17(23(33)34)9-30(19)31(18)25;1-19(2)4-3-12-9-5-15(25)16(28-18(20)21)6-10(9)13-7-14(24)11(17(26)27)8-22(13)23(12)19;1-11-6-8-3-9(4-8,5-8)7(10)12-2;1-11-6(10)8-2-7(3-8,4-8)5-9;1-10-6-8-2-7(3-8,4-8)5-9/h6-9,18,24H,4-5,10-14H2,1-3H3,(H,33,34);5-8,12,18,25H,3-4H2,1-2H3,(H,26,27);3-6H2,1-2H3;9H,2-5H2,1H3;9H,2-6H2,1H3/t18-,26?,27?;12-;;;/m11.../s1. The molecule has 98 heavy (non-hydrogen) atoms. The third-order valence-electron chi connectivity index (χ3n) is 23.4. The zero-order valence-electron chi connectivity index (χ0n) is 56.7. The summed E-state index contributed by atoms with van der Waals surface area (Å²) in [6.07, 6.45) is 17.7. The maximum Gasteiger partial charge on any atom is 0.387 e. The number of fused-ring (bicyclic) bond motifs is 12. The van der Waals surface area contributed by atoms with E-state index in [-0.39, 0.29) is 91.4 Å². The highest BCUT2D eigenvalue weighted by Crippen LogP contribution is 2.76. The summed E-state index contributed by atoms with van der Waals surface area (Å²) in [5, 5.41) is 50.9. The Balaban J connectivity index is 0.000000130. The SMILES string of the molecule is CC1(C)CC[C@@H]2c3cc(O)c(OC(F)F)cc3-c3cc(=O)c(C(=O)O)cn3N21.COC(=O)C12CC(CO)(C1)C2.COCC12CC(C(=O)OC)(C1)C2.COCC12CC(CO)(C1)C2.COCC12CC(COc3cc4c(cc3OC(F)F)-c3cc(=O)c(C(=O)O)cn3N3[C@@H]4CCC3(C)C)(C1)C2. The van der Waals surface area contributed by atoms with Crippen molar-refractivity contribution in [2.45, 2.75) is 167 Å². The van der Waals surface area contributed by atoms with Crippen LogP contribution in [0.25, 0.3) is 22.5 Å². The molecular formula is C71H88F4N4O19. The third kappa shape index (κ3) is 11.7. The van der Waals surface area contributed by atoms with Crippen LogP contribution in [0.1, 0.15) is 174 Å². The van der Waals surface area contributed by atoms with Gasteiger partial charge in [-0.3, -0.25) is 38.5 Å². The number of nitrogens with zero attached hydrogens (tertiary/aromatic N) is 4. The first-order chi connectivity index (χ1) is 46.1. The Kier molecular flexibility index (Phi) is 17.8. The molecule has 12 aliphatic carbocycles. The molecule has 2 saturated heterocycles. The molecule has 20 rings (SSSR count). The number of aromatic nitrogens is 2. The Morgan fingerprint density at radius 3 is 1.24 bits per heavy atom. The van der Waals surface area contributed by atoms with E-state index in [1.165, 1.54) is 76.2 Å². The Labute approximate surface area is 563 Å². The summed E-state index contributed by atoms with van der Waals surface area (Å²) in [7, 11) is 8.06. The van der Waals surface area contributed by atoms with E-state index in [9.17, 15) is 61.6 Å². The van der Waals surface area contributed by atoms with Crippen LogP contribution in [0.5, 0.6) is 23.0 Å². The molecule has 2 aromatic carbocycles. The van der Waals surface area contributed by atoms with Crippen LogP contribution in [-0.4, -0.2) is 158 Å². The number of aromatic carboxylic acids is 2. The lowest BCUT2D eigenvalue weighted by molar-refractivity contribution is -0.243. The van der Waals surface area contributed by atoms with Gasteiger partial charge in [0.1, 0.15) is 11.1 Å².